The van der Waals surface area contributed by atoms with E-state index in [-0.39, 0.29) is 11.8 Å². The molecule has 1 aliphatic rings. The zero-order valence-electron chi connectivity index (χ0n) is 18.3. The molecule has 1 saturated heterocycles. The molecule has 160 valence electrons. The Morgan fingerprint density at radius 1 is 0.900 bits per heavy atom. The van der Waals surface area contributed by atoms with Crippen LogP contribution in [0, 0.1) is 6.92 Å². The van der Waals surface area contributed by atoms with E-state index in [1.165, 1.54) is 11.1 Å². The number of rotatable bonds is 7. The summed E-state index contributed by atoms with van der Waals surface area (Å²) in [5.74, 6) is 1.47. The molecule has 1 fully saturated rings. The number of amides is 2. The van der Waals surface area contributed by atoms with Crippen molar-refractivity contribution in [2.75, 3.05) is 32.8 Å². The molecule has 5 heteroatoms. The summed E-state index contributed by atoms with van der Waals surface area (Å²) in [7, 11) is 0. The Morgan fingerprint density at radius 3 is 2.10 bits per heavy atom. The van der Waals surface area contributed by atoms with E-state index in [1.807, 2.05) is 65.3 Å². The third-order valence-electron chi connectivity index (χ3n) is 5.57. The lowest BCUT2D eigenvalue weighted by atomic mass is 10.0. The summed E-state index contributed by atoms with van der Waals surface area (Å²) in [4.78, 5) is 28.9. The van der Waals surface area contributed by atoms with Gasteiger partial charge in [-0.1, -0.05) is 43.7 Å². The van der Waals surface area contributed by atoms with Gasteiger partial charge in [-0.2, -0.15) is 0 Å². The van der Waals surface area contributed by atoms with Crippen LogP contribution in [0.1, 0.15) is 54.1 Å². The molecule has 30 heavy (non-hydrogen) atoms. The van der Waals surface area contributed by atoms with E-state index < -0.39 is 0 Å². The van der Waals surface area contributed by atoms with Gasteiger partial charge in [0.1, 0.15) is 5.75 Å². The molecule has 0 aromatic heterocycles. The van der Waals surface area contributed by atoms with Crippen LogP contribution in [0.3, 0.4) is 0 Å². The molecular formula is C25H32N2O3. The molecule has 2 aromatic rings. The number of piperazine rings is 1. The minimum absolute atomic E-state index is 0.0453. The Kier molecular flexibility index (Phi) is 7.50. The maximum absolute atomic E-state index is 12.7. The molecule has 2 amide bonds. The van der Waals surface area contributed by atoms with Crippen molar-refractivity contribution >= 4 is 11.8 Å². The van der Waals surface area contributed by atoms with E-state index in [0.29, 0.717) is 57.1 Å². The highest BCUT2D eigenvalue weighted by molar-refractivity contribution is 5.94. The predicted molar refractivity (Wildman–Crippen MR) is 119 cm³/mol. The molecule has 1 aliphatic heterocycles. The molecule has 0 radical (unpaired) electrons. The number of aryl methyl sites for hydroxylation is 1. The molecule has 3 rings (SSSR count). The number of hydrogen-bond donors (Lipinski definition) is 0. The second kappa shape index (κ2) is 10.3. The number of carbonyl (C=O) groups excluding carboxylic acids is 2. The molecule has 0 N–H and O–H groups in total. The number of carbonyl (C=O) groups is 2. The summed E-state index contributed by atoms with van der Waals surface area (Å²) in [5, 5.41) is 0. The molecular weight excluding hydrogens is 376 g/mol. The van der Waals surface area contributed by atoms with Gasteiger partial charge < -0.3 is 14.5 Å². The minimum atomic E-state index is 0.0453. The molecule has 0 aliphatic carbocycles. The first-order chi connectivity index (χ1) is 14.4. The Morgan fingerprint density at radius 2 is 1.50 bits per heavy atom. The summed E-state index contributed by atoms with van der Waals surface area (Å²) in [6.07, 6.45) is 1.16. The van der Waals surface area contributed by atoms with Gasteiger partial charge in [0, 0.05) is 38.2 Å². The van der Waals surface area contributed by atoms with Gasteiger partial charge in [0.2, 0.25) is 5.91 Å². The van der Waals surface area contributed by atoms with Crippen molar-refractivity contribution in [3.8, 4) is 5.75 Å². The topological polar surface area (TPSA) is 49.9 Å². The number of ether oxygens (including phenoxy) is 1. The zero-order valence-corrected chi connectivity index (χ0v) is 18.3. The largest absolute Gasteiger partial charge is 0.494 e. The second-order valence-electron chi connectivity index (χ2n) is 8.21. The van der Waals surface area contributed by atoms with Gasteiger partial charge in [-0.15, -0.1) is 0 Å². The number of benzene rings is 2. The van der Waals surface area contributed by atoms with Crippen molar-refractivity contribution in [2.45, 2.75) is 39.5 Å². The van der Waals surface area contributed by atoms with Crippen LogP contribution in [0.25, 0.3) is 0 Å². The van der Waals surface area contributed by atoms with E-state index >= 15 is 0 Å². The van der Waals surface area contributed by atoms with Crippen LogP contribution in [-0.2, 0) is 4.79 Å². The molecule has 0 bridgehead atoms. The van der Waals surface area contributed by atoms with Crippen molar-refractivity contribution in [1.29, 1.82) is 0 Å². The van der Waals surface area contributed by atoms with Crippen LogP contribution in [0.4, 0.5) is 0 Å². The van der Waals surface area contributed by atoms with Gasteiger partial charge in [0.15, 0.2) is 0 Å². The van der Waals surface area contributed by atoms with Crippen molar-refractivity contribution in [2.24, 2.45) is 0 Å². The molecule has 0 spiro atoms. The Balaban J connectivity index is 1.39. The van der Waals surface area contributed by atoms with Gasteiger partial charge in [0.25, 0.3) is 5.91 Å². The first-order valence-electron chi connectivity index (χ1n) is 10.8. The van der Waals surface area contributed by atoms with Crippen molar-refractivity contribution < 1.29 is 14.3 Å². The summed E-state index contributed by atoms with van der Waals surface area (Å²) in [6.45, 7) is 9.19. The lowest BCUT2D eigenvalue weighted by molar-refractivity contribution is -0.132. The number of hydrogen-bond acceptors (Lipinski definition) is 3. The van der Waals surface area contributed by atoms with Gasteiger partial charge in [-0.05, 0) is 49.1 Å². The second-order valence-corrected chi connectivity index (χ2v) is 8.21. The van der Waals surface area contributed by atoms with Crippen LogP contribution in [0.15, 0.2) is 48.5 Å². The van der Waals surface area contributed by atoms with Gasteiger partial charge in [0.05, 0.1) is 6.61 Å². The first-order valence-corrected chi connectivity index (χ1v) is 10.8. The highest BCUT2D eigenvalue weighted by Crippen LogP contribution is 2.17. The summed E-state index contributed by atoms with van der Waals surface area (Å²) in [5.41, 5.74) is 3.14. The van der Waals surface area contributed by atoms with Crippen molar-refractivity contribution in [3.63, 3.8) is 0 Å². The Labute approximate surface area is 179 Å². The fraction of sp³-hybridized carbons (Fsp3) is 0.440. The third-order valence-corrected chi connectivity index (χ3v) is 5.57. The maximum Gasteiger partial charge on any atom is 0.253 e. The van der Waals surface area contributed by atoms with Crippen LogP contribution in [-0.4, -0.2) is 54.4 Å². The molecule has 0 atom stereocenters. The summed E-state index contributed by atoms with van der Waals surface area (Å²) < 4.78 is 5.70. The van der Waals surface area contributed by atoms with Gasteiger partial charge >= 0.3 is 0 Å². The fourth-order valence-electron chi connectivity index (χ4n) is 3.56. The van der Waals surface area contributed by atoms with E-state index in [9.17, 15) is 9.59 Å². The van der Waals surface area contributed by atoms with E-state index in [4.69, 9.17) is 4.74 Å². The third kappa shape index (κ3) is 5.85. The summed E-state index contributed by atoms with van der Waals surface area (Å²) >= 11 is 0. The lowest BCUT2D eigenvalue weighted by Gasteiger charge is -2.35. The molecule has 0 saturated carbocycles. The summed E-state index contributed by atoms with van der Waals surface area (Å²) in [6, 6.07) is 15.8. The average Bonchev–Trinajstić information content (AvgIpc) is 2.77. The SMILES string of the molecule is Cc1ccc(OCCCC(=O)N2CCN(C(=O)c3ccc(C(C)C)cc3)CC2)cc1. The van der Waals surface area contributed by atoms with Gasteiger partial charge in [-0.3, -0.25) is 9.59 Å². The quantitative estimate of drug-likeness (QED) is 0.643. The fourth-order valence-corrected chi connectivity index (χ4v) is 3.56. The van der Waals surface area contributed by atoms with Crippen LogP contribution in [0.2, 0.25) is 0 Å². The Hall–Kier alpha value is -2.82. The minimum Gasteiger partial charge on any atom is -0.494 e. The van der Waals surface area contributed by atoms with Crippen LogP contribution < -0.4 is 4.74 Å². The standard InChI is InChI=1S/C25H32N2O3/c1-19(2)21-8-10-22(11-9-21)25(29)27-16-14-26(15-17-27)24(28)5-4-18-30-23-12-6-20(3)7-13-23/h6-13,19H,4-5,14-18H2,1-3H3. The lowest BCUT2D eigenvalue weighted by Crippen LogP contribution is -2.50. The van der Waals surface area contributed by atoms with Crippen molar-refractivity contribution in [3.05, 3.63) is 65.2 Å². The molecule has 5 nitrogen and oxygen atoms in total. The highest BCUT2D eigenvalue weighted by Gasteiger charge is 2.24. The maximum atomic E-state index is 12.7. The molecule has 1 heterocycles. The zero-order chi connectivity index (χ0) is 21.5. The highest BCUT2D eigenvalue weighted by atomic mass is 16.5. The van der Waals surface area contributed by atoms with Gasteiger partial charge in [-0.25, -0.2) is 0 Å². The van der Waals surface area contributed by atoms with Crippen molar-refractivity contribution in [1.82, 2.24) is 9.80 Å². The molecule has 0 unspecified atom stereocenters. The predicted octanol–water partition coefficient (Wildman–Crippen LogP) is 4.26. The monoisotopic (exact) mass is 408 g/mol. The smallest absolute Gasteiger partial charge is 0.253 e. The van der Waals surface area contributed by atoms with E-state index in [1.54, 1.807) is 0 Å². The van der Waals surface area contributed by atoms with E-state index in [0.717, 1.165) is 5.75 Å². The van der Waals surface area contributed by atoms with E-state index in [2.05, 4.69) is 13.8 Å². The average molecular weight is 409 g/mol. The normalized spacial score (nSPS) is 14.1. The Bertz CT molecular complexity index is 836. The number of nitrogens with zero attached hydrogens (tertiary/aromatic N) is 2. The van der Waals surface area contributed by atoms with Crippen LogP contribution in [0.5, 0.6) is 5.75 Å². The first kappa shape index (κ1) is 21.9. The molecule has 2 aromatic carbocycles. The van der Waals surface area contributed by atoms with Crippen LogP contribution >= 0.6 is 0 Å².